The summed E-state index contributed by atoms with van der Waals surface area (Å²) in [5.41, 5.74) is 0. The molecule has 0 bridgehead atoms. The zero-order valence-corrected chi connectivity index (χ0v) is 62.4. The number of hydrogen-bond donors (Lipinski definition) is 0. The van der Waals surface area contributed by atoms with Crippen molar-refractivity contribution in [2.75, 3.05) is 106 Å². The first-order valence-electron chi connectivity index (χ1n) is 26.0. The summed E-state index contributed by atoms with van der Waals surface area (Å²) in [5.74, 6) is 0. The molecule has 0 rings (SSSR count). The van der Waals surface area contributed by atoms with Crippen molar-refractivity contribution in [2.24, 2.45) is 0 Å². The van der Waals surface area contributed by atoms with Gasteiger partial charge < -0.3 is 70.8 Å². The lowest BCUT2D eigenvalue weighted by Gasteiger charge is -2.23. The molecule has 0 aliphatic carbocycles. The van der Waals surface area contributed by atoms with Gasteiger partial charge in [-0.3, -0.25) is 0 Å². The topological polar surface area (TPSA) is 148 Å². The highest BCUT2D eigenvalue weighted by atomic mass is 35.6. The monoisotopic (exact) mass is 1260 g/mol. The van der Waals surface area contributed by atoms with Crippen LogP contribution in [0.25, 0.3) is 0 Å². The molecule has 0 unspecified atom stereocenters. The van der Waals surface area contributed by atoms with Gasteiger partial charge in [0, 0.05) is 119 Å². The van der Waals surface area contributed by atoms with E-state index in [0.29, 0.717) is 66.1 Å². The zero-order valence-electron chi connectivity index (χ0n) is 51.4. The van der Waals surface area contributed by atoms with Gasteiger partial charge in [0.1, 0.15) is 0 Å². The summed E-state index contributed by atoms with van der Waals surface area (Å²) in [6.45, 7) is 65.7. The van der Waals surface area contributed by atoms with E-state index in [1.807, 2.05) is 163 Å². The fourth-order valence-corrected chi connectivity index (χ4v) is 17.3. The predicted octanol–water partition coefficient (Wildman–Crippen LogP) is 14.5. The smallest absolute Gasteiger partial charge is 0.404 e. The van der Waals surface area contributed by atoms with Crippen molar-refractivity contribution in [3.63, 3.8) is 0 Å². The summed E-state index contributed by atoms with van der Waals surface area (Å²) >= 11 is 23.2. The first-order chi connectivity index (χ1) is 33.0. The lowest BCUT2D eigenvalue weighted by molar-refractivity contribution is 0.0774. The van der Waals surface area contributed by atoms with Crippen LogP contribution in [0.2, 0.25) is 78.6 Å². The third kappa shape index (κ3) is 83.6. The molecule has 72 heavy (non-hydrogen) atoms. The van der Waals surface area contributed by atoms with Crippen molar-refractivity contribution in [1.29, 1.82) is 0 Å². The molecule has 0 N–H and O–H groups in total. The molecule has 0 fully saturated rings. The Kier molecular flexibility index (Phi) is 71.3. The molecule has 0 aromatic heterocycles. The van der Waals surface area contributed by atoms with Crippen LogP contribution in [0.3, 0.4) is 0 Å². The van der Waals surface area contributed by atoms with Crippen molar-refractivity contribution < 1.29 is 70.8 Å². The molecule has 28 heteroatoms. The Morgan fingerprint density at radius 1 is 0.194 bits per heavy atom. The lowest BCUT2D eigenvalue weighted by atomic mass is 10.9. The Bertz CT molecular complexity index is 894. The standard InChI is InChI=1S/2C7H18O3Si.2C6H16O2Si.2C5H13ClO2Si.2C4H11ClOSi/c2*1-5-8-11(4,9-6-2)10-7-3;2*1-5-7-9(3,4)8-6-2;2*1-4-7-9(3,6)8-5-2;2*1-4-6-7(2,3)5/h2*5-7H2,1-4H3;2*5-6H2,1-4H3;2*4-5H2,1-3H3;2*4H2,1-3H3. The van der Waals surface area contributed by atoms with E-state index < -0.39 is 65.7 Å². The summed E-state index contributed by atoms with van der Waals surface area (Å²) in [7, 11) is -15.7. The van der Waals surface area contributed by atoms with Gasteiger partial charge in [0.2, 0.25) is 0 Å². The third-order valence-electron chi connectivity index (χ3n) is 6.99. The summed E-state index contributed by atoms with van der Waals surface area (Å²) in [6, 6.07) is 0. The van der Waals surface area contributed by atoms with Gasteiger partial charge in [0.25, 0.3) is 15.3 Å². The molecule has 0 radical (unpaired) electrons. The van der Waals surface area contributed by atoms with Crippen LogP contribution in [0.5, 0.6) is 0 Å². The van der Waals surface area contributed by atoms with Crippen LogP contribution in [0.1, 0.15) is 111 Å². The van der Waals surface area contributed by atoms with Crippen molar-refractivity contribution in [2.45, 2.75) is 189 Å². The number of hydrogen-bond acceptors (Lipinski definition) is 16. The molecule has 0 aliphatic heterocycles. The van der Waals surface area contributed by atoms with Crippen LogP contribution in [-0.4, -0.2) is 171 Å². The SMILES string of the molecule is CCO[Si](C)(C)Cl.CCO[Si](C)(C)Cl.CCO[Si](C)(C)OCC.CCO[Si](C)(C)OCC.CCO[Si](C)(Cl)OCC.CCO[Si](C)(Cl)OCC.CCO[Si](C)(OCC)OCC.CCO[Si](C)(OCC)OCC. The molecule has 0 amide bonds. The average molecular weight is 1270 g/mol. The summed E-state index contributed by atoms with van der Waals surface area (Å²) in [5, 5.41) is 0. The maximum Gasteiger partial charge on any atom is 0.497 e. The predicted molar refractivity (Wildman–Crippen MR) is 326 cm³/mol. The quantitative estimate of drug-likeness (QED) is 0.0464. The molecule has 0 atom stereocenters. The molecule has 0 heterocycles. The van der Waals surface area contributed by atoms with E-state index in [-0.39, 0.29) is 0 Å². The maximum absolute atomic E-state index is 5.83. The maximum atomic E-state index is 5.83. The highest BCUT2D eigenvalue weighted by Gasteiger charge is 2.34. The van der Waals surface area contributed by atoms with E-state index >= 15 is 0 Å². The summed E-state index contributed by atoms with van der Waals surface area (Å²) < 4.78 is 84.8. The van der Waals surface area contributed by atoms with Gasteiger partial charge in [0.15, 0.2) is 0 Å². The van der Waals surface area contributed by atoms with Crippen molar-refractivity contribution >= 4 is 110 Å². The second-order valence-electron chi connectivity index (χ2n) is 15.8. The van der Waals surface area contributed by atoms with Crippen LogP contribution in [-0.2, 0) is 70.8 Å². The fraction of sp³-hybridized carbons (Fsp3) is 1.00. The first kappa shape index (κ1) is 90.8. The van der Waals surface area contributed by atoms with Gasteiger partial charge in [-0.05, 0) is 176 Å². The second kappa shape index (κ2) is 56.5. The minimum absolute atomic E-state index is 0.631. The molecule has 0 aromatic rings. The minimum atomic E-state index is -2.25. The first-order valence-corrected chi connectivity index (χ1v) is 50.5. The van der Waals surface area contributed by atoms with E-state index in [9.17, 15) is 0 Å². The third-order valence-corrected chi connectivity index (χ3v) is 22.9. The number of rotatable bonds is 32. The highest BCUT2D eigenvalue weighted by Crippen LogP contribution is 2.13. The molecule has 0 saturated carbocycles. The van der Waals surface area contributed by atoms with Crippen LogP contribution in [0.4, 0.5) is 0 Å². The molecule has 448 valence electrons. The summed E-state index contributed by atoms with van der Waals surface area (Å²) in [4.78, 5) is 0. The summed E-state index contributed by atoms with van der Waals surface area (Å²) in [6.07, 6.45) is 0. The molecule has 0 spiro atoms. The number of halogens is 4. The van der Waals surface area contributed by atoms with E-state index in [1.54, 1.807) is 0 Å². The fourth-order valence-electron chi connectivity index (χ4n) is 5.10. The Labute approximate surface area is 472 Å². The van der Waals surface area contributed by atoms with E-state index in [4.69, 9.17) is 115 Å². The van der Waals surface area contributed by atoms with Gasteiger partial charge in [0.05, 0.1) is 0 Å². The van der Waals surface area contributed by atoms with Gasteiger partial charge >= 0.3 is 50.5 Å². The van der Waals surface area contributed by atoms with Crippen molar-refractivity contribution in [1.82, 2.24) is 0 Å². The van der Waals surface area contributed by atoms with Crippen molar-refractivity contribution in [3.05, 3.63) is 0 Å². The van der Waals surface area contributed by atoms with E-state index in [2.05, 4.69) is 26.2 Å². The van der Waals surface area contributed by atoms with Gasteiger partial charge in [-0.15, -0.1) is 22.2 Å². The van der Waals surface area contributed by atoms with Crippen LogP contribution < -0.4 is 0 Å². The minimum Gasteiger partial charge on any atom is -0.404 e. The zero-order chi connectivity index (χ0) is 58.6. The van der Waals surface area contributed by atoms with Crippen LogP contribution in [0.15, 0.2) is 0 Å². The van der Waals surface area contributed by atoms with E-state index in [1.165, 1.54) is 0 Å². The highest BCUT2D eigenvalue weighted by molar-refractivity contribution is 7.15. The Morgan fingerprint density at radius 3 is 0.403 bits per heavy atom. The molecule has 0 saturated heterocycles. The Balaban J connectivity index is -0.000000109. The van der Waals surface area contributed by atoms with Crippen molar-refractivity contribution in [3.8, 4) is 0 Å². The molecular weight excluding hydrogens is 1150 g/mol. The largest absolute Gasteiger partial charge is 0.497 e. The van der Waals surface area contributed by atoms with Crippen LogP contribution in [0, 0.1) is 0 Å². The Morgan fingerprint density at radius 2 is 0.319 bits per heavy atom. The van der Waals surface area contributed by atoms with Crippen LogP contribution >= 0.6 is 44.3 Å². The van der Waals surface area contributed by atoms with Gasteiger partial charge in [-0.25, -0.2) is 0 Å². The van der Waals surface area contributed by atoms with Gasteiger partial charge in [-0.2, -0.15) is 0 Å². The average Bonchev–Trinajstić information content (AvgIpc) is 3.19. The second-order valence-corrected chi connectivity index (χ2v) is 47.9. The molecule has 16 nitrogen and oxygen atoms in total. The molecule has 0 aliphatic rings. The van der Waals surface area contributed by atoms with Gasteiger partial charge in [-0.1, -0.05) is 22.2 Å². The molecule has 0 aromatic carbocycles. The lowest BCUT2D eigenvalue weighted by Crippen LogP contribution is -2.42. The normalized spacial score (nSPS) is 12.0. The van der Waals surface area contributed by atoms with E-state index in [0.717, 1.165) is 39.6 Å². The Hall–Kier alpha value is 2.26. The molecular formula is C44H116Cl4O16Si8.